The summed E-state index contributed by atoms with van der Waals surface area (Å²) in [5.41, 5.74) is 3.45. The molecule has 128 valence electrons. The Bertz CT molecular complexity index is 661. The van der Waals surface area contributed by atoms with Gasteiger partial charge in [-0.1, -0.05) is 6.07 Å². The summed E-state index contributed by atoms with van der Waals surface area (Å²) < 4.78 is 12.3. The Morgan fingerprint density at radius 3 is 3.12 bits per heavy atom. The van der Waals surface area contributed by atoms with E-state index in [9.17, 15) is 0 Å². The van der Waals surface area contributed by atoms with E-state index in [0.717, 1.165) is 43.9 Å². The van der Waals surface area contributed by atoms with Crippen molar-refractivity contribution in [2.24, 2.45) is 0 Å². The van der Waals surface area contributed by atoms with Crippen LogP contribution in [0.1, 0.15) is 29.8 Å². The Hall–Kier alpha value is -1.27. The van der Waals surface area contributed by atoms with Crippen LogP contribution in [0.5, 0.6) is 0 Å². The van der Waals surface area contributed by atoms with E-state index in [4.69, 9.17) is 9.47 Å². The number of hydrogen-bond donors (Lipinski definition) is 0. The highest BCUT2D eigenvalue weighted by molar-refractivity contribution is 7.07. The van der Waals surface area contributed by atoms with Gasteiger partial charge in [0.25, 0.3) is 0 Å². The number of aromatic nitrogens is 1. The Morgan fingerprint density at radius 1 is 1.33 bits per heavy atom. The van der Waals surface area contributed by atoms with Gasteiger partial charge in [0.2, 0.25) is 0 Å². The zero-order valence-electron chi connectivity index (χ0n) is 14.1. The maximum absolute atomic E-state index is 6.18. The summed E-state index contributed by atoms with van der Waals surface area (Å²) in [6.07, 6.45) is 2.60. The summed E-state index contributed by atoms with van der Waals surface area (Å²) >= 11 is 1.77. The molecule has 0 unspecified atom stereocenters. The highest BCUT2D eigenvalue weighted by Crippen LogP contribution is 2.33. The number of nitrogens with zero attached hydrogens (tertiary/aromatic N) is 2. The SMILES string of the molecule is Cc1cccc(CO[C@@H]2CC[C@H]3[C@H]2OCCN3Cc2ccsc2)n1. The fourth-order valence-electron chi connectivity index (χ4n) is 3.86. The van der Waals surface area contributed by atoms with E-state index in [1.165, 1.54) is 5.56 Å². The van der Waals surface area contributed by atoms with E-state index in [1.54, 1.807) is 11.3 Å². The molecule has 0 bridgehead atoms. The van der Waals surface area contributed by atoms with Crippen LogP contribution in [0.3, 0.4) is 0 Å². The highest BCUT2D eigenvalue weighted by atomic mass is 32.1. The Morgan fingerprint density at radius 2 is 2.29 bits per heavy atom. The normalized spacial score (nSPS) is 27.3. The lowest BCUT2D eigenvalue weighted by atomic mass is 10.1. The van der Waals surface area contributed by atoms with Gasteiger partial charge in [0.15, 0.2) is 0 Å². The standard InChI is InChI=1S/C19H24N2O2S/c1-14-3-2-4-16(20-14)12-23-18-6-5-17-19(18)22-9-8-21(17)11-15-7-10-24-13-15/h2-4,7,10,13,17-19H,5-6,8-9,11-12H2,1H3/t17-,18+,19+/m0/s1. The van der Waals surface area contributed by atoms with Crippen molar-refractivity contribution in [1.82, 2.24) is 9.88 Å². The minimum atomic E-state index is 0.183. The lowest BCUT2D eigenvalue weighted by molar-refractivity contribution is -0.119. The Labute approximate surface area is 147 Å². The molecule has 2 aromatic rings. The molecule has 0 amide bonds. The molecule has 5 heteroatoms. The molecule has 3 atom stereocenters. The molecule has 1 saturated heterocycles. The maximum atomic E-state index is 6.18. The Kier molecular flexibility index (Phi) is 4.94. The molecule has 0 radical (unpaired) electrons. The molecular formula is C19H24N2O2S. The smallest absolute Gasteiger partial charge is 0.0992 e. The van der Waals surface area contributed by atoms with Gasteiger partial charge in [-0.05, 0) is 54.3 Å². The molecule has 0 N–H and O–H groups in total. The average molecular weight is 344 g/mol. The van der Waals surface area contributed by atoms with E-state index in [0.29, 0.717) is 12.6 Å². The van der Waals surface area contributed by atoms with Crippen LogP contribution in [-0.4, -0.2) is 41.3 Å². The van der Waals surface area contributed by atoms with Crippen molar-refractivity contribution >= 4 is 11.3 Å². The second-order valence-corrected chi connectivity index (χ2v) is 7.48. The molecule has 1 saturated carbocycles. The molecule has 1 aliphatic heterocycles. The summed E-state index contributed by atoms with van der Waals surface area (Å²) in [5.74, 6) is 0. The van der Waals surface area contributed by atoms with Gasteiger partial charge in [-0.2, -0.15) is 11.3 Å². The van der Waals surface area contributed by atoms with Crippen molar-refractivity contribution < 1.29 is 9.47 Å². The van der Waals surface area contributed by atoms with Gasteiger partial charge in [-0.25, -0.2) is 0 Å². The van der Waals surface area contributed by atoms with Crippen molar-refractivity contribution in [2.75, 3.05) is 13.2 Å². The van der Waals surface area contributed by atoms with E-state index in [1.807, 2.05) is 25.1 Å². The maximum Gasteiger partial charge on any atom is 0.0992 e. The topological polar surface area (TPSA) is 34.6 Å². The second kappa shape index (κ2) is 7.31. The lowest BCUT2D eigenvalue weighted by Crippen LogP contribution is -2.51. The minimum Gasteiger partial charge on any atom is -0.373 e. The van der Waals surface area contributed by atoms with Gasteiger partial charge >= 0.3 is 0 Å². The first-order chi connectivity index (χ1) is 11.8. The monoisotopic (exact) mass is 344 g/mol. The van der Waals surface area contributed by atoms with Crippen molar-refractivity contribution in [3.8, 4) is 0 Å². The number of rotatable bonds is 5. The molecule has 1 aliphatic carbocycles. The van der Waals surface area contributed by atoms with Crippen molar-refractivity contribution in [2.45, 2.75) is 51.2 Å². The fourth-order valence-corrected chi connectivity index (χ4v) is 4.52. The number of hydrogen-bond acceptors (Lipinski definition) is 5. The Balaban J connectivity index is 1.37. The number of thiophene rings is 1. The summed E-state index contributed by atoms with van der Waals surface area (Å²) in [5, 5.41) is 4.40. The van der Waals surface area contributed by atoms with Crippen LogP contribution < -0.4 is 0 Å². The van der Waals surface area contributed by atoms with Crippen molar-refractivity contribution in [3.63, 3.8) is 0 Å². The second-order valence-electron chi connectivity index (χ2n) is 6.70. The summed E-state index contributed by atoms with van der Waals surface area (Å²) in [4.78, 5) is 7.10. The first-order valence-corrected chi connectivity index (χ1v) is 9.65. The van der Waals surface area contributed by atoms with E-state index >= 15 is 0 Å². The minimum absolute atomic E-state index is 0.183. The van der Waals surface area contributed by atoms with Crippen LogP contribution >= 0.6 is 11.3 Å². The van der Waals surface area contributed by atoms with Gasteiger partial charge < -0.3 is 9.47 Å². The fraction of sp³-hybridized carbons (Fsp3) is 0.526. The molecule has 2 aromatic heterocycles. The van der Waals surface area contributed by atoms with E-state index in [-0.39, 0.29) is 12.2 Å². The van der Waals surface area contributed by atoms with E-state index < -0.39 is 0 Å². The first kappa shape index (κ1) is 16.2. The average Bonchev–Trinajstić information content (AvgIpc) is 3.23. The number of fused-ring (bicyclic) bond motifs is 1. The lowest BCUT2D eigenvalue weighted by Gasteiger charge is -2.39. The van der Waals surface area contributed by atoms with Crippen LogP contribution in [0.4, 0.5) is 0 Å². The van der Waals surface area contributed by atoms with Gasteiger partial charge in [-0.3, -0.25) is 9.88 Å². The van der Waals surface area contributed by atoms with Crippen LogP contribution in [0.25, 0.3) is 0 Å². The molecule has 2 fully saturated rings. The van der Waals surface area contributed by atoms with Crippen LogP contribution in [-0.2, 0) is 22.6 Å². The molecule has 0 aromatic carbocycles. The molecule has 24 heavy (non-hydrogen) atoms. The zero-order valence-corrected chi connectivity index (χ0v) is 14.9. The van der Waals surface area contributed by atoms with Crippen LogP contribution in [0.15, 0.2) is 35.0 Å². The highest BCUT2D eigenvalue weighted by Gasteiger charge is 2.43. The van der Waals surface area contributed by atoms with Crippen molar-refractivity contribution in [3.05, 3.63) is 52.0 Å². The predicted molar refractivity (Wildman–Crippen MR) is 95.0 cm³/mol. The number of aryl methyl sites for hydroxylation is 1. The third-order valence-corrected chi connectivity index (χ3v) is 5.74. The molecule has 2 aliphatic rings. The van der Waals surface area contributed by atoms with Crippen LogP contribution in [0, 0.1) is 6.92 Å². The molecule has 4 nitrogen and oxygen atoms in total. The molecule has 0 spiro atoms. The van der Waals surface area contributed by atoms with Crippen LogP contribution in [0.2, 0.25) is 0 Å². The predicted octanol–water partition coefficient (Wildman–Crippen LogP) is 3.40. The zero-order chi connectivity index (χ0) is 16.4. The summed E-state index contributed by atoms with van der Waals surface area (Å²) in [6.45, 7) is 5.43. The number of ether oxygens (including phenoxy) is 2. The number of pyridine rings is 1. The summed E-state index contributed by atoms with van der Waals surface area (Å²) in [6, 6.07) is 8.79. The van der Waals surface area contributed by atoms with Gasteiger partial charge in [0, 0.05) is 24.8 Å². The first-order valence-electron chi connectivity index (χ1n) is 8.70. The summed E-state index contributed by atoms with van der Waals surface area (Å²) in [7, 11) is 0. The van der Waals surface area contributed by atoms with Gasteiger partial charge in [-0.15, -0.1) is 0 Å². The number of morpholine rings is 1. The van der Waals surface area contributed by atoms with Gasteiger partial charge in [0.1, 0.15) is 0 Å². The largest absolute Gasteiger partial charge is 0.373 e. The quantitative estimate of drug-likeness (QED) is 0.833. The third kappa shape index (κ3) is 3.54. The molecule has 3 heterocycles. The molecule has 4 rings (SSSR count). The van der Waals surface area contributed by atoms with Crippen molar-refractivity contribution in [1.29, 1.82) is 0 Å². The van der Waals surface area contributed by atoms with E-state index in [2.05, 4.69) is 26.7 Å². The third-order valence-electron chi connectivity index (χ3n) is 5.01. The van der Waals surface area contributed by atoms with Gasteiger partial charge in [0.05, 0.1) is 31.1 Å². The molecular weight excluding hydrogens is 320 g/mol.